The maximum atomic E-state index is 12.3. The van der Waals surface area contributed by atoms with Crippen LogP contribution in [0.4, 0.5) is 11.4 Å². The Morgan fingerprint density at radius 1 is 1.38 bits per heavy atom. The Morgan fingerprint density at radius 3 is 2.75 bits per heavy atom. The van der Waals surface area contributed by atoms with Crippen molar-refractivity contribution in [2.24, 2.45) is 0 Å². The van der Waals surface area contributed by atoms with E-state index in [-0.39, 0.29) is 11.4 Å². The first kappa shape index (κ1) is 17.5. The fraction of sp³-hybridized carbons (Fsp3) is 0.200. The van der Waals surface area contributed by atoms with E-state index < -0.39 is 16.1 Å². The highest BCUT2D eigenvalue weighted by molar-refractivity contribution is 8.00. The van der Waals surface area contributed by atoms with Gasteiger partial charge in [0.15, 0.2) is 6.20 Å². The summed E-state index contributed by atoms with van der Waals surface area (Å²) >= 11 is 1.06. The van der Waals surface area contributed by atoms with Gasteiger partial charge in [-0.3, -0.25) is 14.9 Å². The van der Waals surface area contributed by atoms with Gasteiger partial charge in [-0.25, -0.2) is 0 Å². The summed E-state index contributed by atoms with van der Waals surface area (Å²) in [6, 6.07) is 9.03. The second-order valence-electron chi connectivity index (χ2n) is 4.75. The summed E-state index contributed by atoms with van der Waals surface area (Å²) in [5.74, 6) is -0.129. The van der Waals surface area contributed by atoms with Crippen LogP contribution in [0.5, 0.6) is 5.75 Å². The Morgan fingerprint density at radius 2 is 2.12 bits per heavy atom. The van der Waals surface area contributed by atoms with Gasteiger partial charge < -0.3 is 15.3 Å². The number of amides is 1. The van der Waals surface area contributed by atoms with E-state index >= 15 is 0 Å². The molecule has 2 aromatic rings. The van der Waals surface area contributed by atoms with Crippen molar-refractivity contribution >= 4 is 29.0 Å². The van der Waals surface area contributed by atoms with Gasteiger partial charge in [0.25, 0.3) is 10.7 Å². The number of nitro benzene ring substituents is 1. The smallest absolute Gasteiger partial charge is 0.296 e. The lowest BCUT2D eigenvalue weighted by Gasteiger charge is -2.12. The molecule has 0 aliphatic carbocycles. The average molecular weight is 349 g/mol. The molecule has 1 amide bonds. The number of anilines is 1. The number of methoxy groups -OCH3 is 1. The minimum absolute atomic E-state index is 0.0707. The molecule has 126 valence electrons. The highest BCUT2D eigenvalue weighted by atomic mass is 32.2. The van der Waals surface area contributed by atoms with Crippen molar-refractivity contribution < 1.29 is 19.2 Å². The Kier molecular flexibility index (Phi) is 5.59. The van der Waals surface area contributed by atoms with Crippen molar-refractivity contribution in [3.63, 3.8) is 0 Å². The first-order chi connectivity index (χ1) is 11.4. The number of rotatable bonds is 6. The normalized spacial score (nSPS) is 11.6. The predicted molar refractivity (Wildman–Crippen MR) is 89.0 cm³/mol. The zero-order valence-electron chi connectivity index (χ0n) is 13.0. The highest BCUT2D eigenvalue weighted by Crippen LogP contribution is 2.30. The maximum Gasteiger partial charge on any atom is 0.296 e. The van der Waals surface area contributed by atoms with E-state index in [0.717, 1.165) is 11.8 Å². The number of hydrogen-bond donors (Lipinski definition) is 1. The number of carbonyl (C=O) groups excluding carboxylic acids is 1. The van der Waals surface area contributed by atoms with Gasteiger partial charge in [-0.05, 0) is 36.9 Å². The molecule has 0 bridgehead atoms. The molecular weight excluding hydrogens is 334 g/mol. The van der Waals surface area contributed by atoms with Gasteiger partial charge in [0.05, 0.1) is 23.3 Å². The molecule has 9 heteroatoms. The molecule has 24 heavy (non-hydrogen) atoms. The number of nitrogens with one attached hydrogen (secondary N) is 1. The molecule has 0 spiro atoms. The maximum absolute atomic E-state index is 12.3. The van der Waals surface area contributed by atoms with Crippen LogP contribution >= 0.6 is 11.8 Å². The van der Waals surface area contributed by atoms with Crippen LogP contribution in [-0.2, 0) is 4.79 Å². The van der Waals surface area contributed by atoms with Crippen molar-refractivity contribution in [2.45, 2.75) is 17.2 Å². The first-order valence-electron chi connectivity index (χ1n) is 6.90. The zero-order chi connectivity index (χ0) is 17.7. The molecule has 0 aliphatic heterocycles. The SMILES string of the molecule is COc1ccc(NC(=O)[C@H](C)Sc2cccc[n+]2[O-])c([N+](=O)[O-])c1. The summed E-state index contributed by atoms with van der Waals surface area (Å²) < 4.78 is 5.60. The van der Waals surface area contributed by atoms with E-state index in [2.05, 4.69) is 5.32 Å². The molecule has 1 heterocycles. The molecule has 8 nitrogen and oxygen atoms in total. The molecule has 1 aromatic heterocycles. The highest BCUT2D eigenvalue weighted by Gasteiger charge is 2.22. The Balaban J connectivity index is 2.14. The minimum atomic E-state index is -0.616. The molecule has 0 unspecified atom stereocenters. The fourth-order valence-electron chi connectivity index (χ4n) is 1.87. The number of pyridine rings is 1. The standard InChI is InChI=1S/C15H15N3O5S/c1-10(24-14-5-3-4-8-17(14)20)15(19)16-12-7-6-11(23-2)9-13(12)18(21)22/h3-10H,1-2H3,(H,16,19)/t10-/m0/s1. The Hall–Kier alpha value is -2.81. The molecule has 1 aromatic carbocycles. The van der Waals surface area contributed by atoms with Crippen LogP contribution in [0.15, 0.2) is 47.6 Å². The summed E-state index contributed by atoms with van der Waals surface area (Å²) in [5.41, 5.74) is -0.195. The zero-order valence-corrected chi connectivity index (χ0v) is 13.8. The largest absolute Gasteiger partial charge is 0.618 e. The molecule has 0 fully saturated rings. The lowest BCUT2D eigenvalue weighted by Crippen LogP contribution is -2.30. The number of ether oxygens (including phenoxy) is 1. The second kappa shape index (κ2) is 7.64. The molecular formula is C15H15N3O5S. The van der Waals surface area contributed by atoms with Crippen molar-refractivity contribution in [1.82, 2.24) is 0 Å². The van der Waals surface area contributed by atoms with Crippen LogP contribution in [-0.4, -0.2) is 23.2 Å². The van der Waals surface area contributed by atoms with Crippen LogP contribution in [0.3, 0.4) is 0 Å². The quantitative estimate of drug-likeness (QED) is 0.282. The molecule has 2 rings (SSSR count). The Bertz CT molecular complexity index is 769. The average Bonchev–Trinajstić information content (AvgIpc) is 2.57. The number of benzene rings is 1. The summed E-state index contributed by atoms with van der Waals surface area (Å²) in [7, 11) is 1.40. The molecule has 0 saturated heterocycles. The number of nitrogens with zero attached hydrogens (tertiary/aromatic N) is 2. The van der Waals surface area contributed by atoms with Gasteiger partial charge >= 0.3 is 0 Å². The van der Waals surface area contributed by atoms with Gasteiger partial charge in [0.2, 0.25) is 5.91 Å². The van der Waals surface area contributed by atoms with Crippen LogP contribution < -0.4 is 14.8 Å². The van der Waals surface area contributed by atoms with Crippen molar-refractivity contribution in [2.75, 3.05) is 12.4 Å². The molecule has 0 radical (unpaired) electrons. The van der Waals surface area contributed by atoms with E-state index in [1.807, 2.05) is 0 Å². The van der Waals surface area contributed by atoms with Gasteiger partial charge in [0, 0.05) is 12.1 Å². The third kappa shape index (κ3) is 4.13. The van der Waals surface area contributed by atoms with E-state index in [4.69, 9.17) is 4.74 Å². The van der Waals surface area contributed by atoms with Crippen LogP contribution in [0.2, 0.25) is 0 Å². The number of hydrogen-bond acceptors (Lipinski definition) is 6. The van der Waals surface area contributed by atoms with Gasteiger partial charge in [0.1, 0.15) is 11.4 Å². The van der Waals surface area contributed by atoms with Gasteiger partial charge in [-0.2, -0.15) is 4.73 Å². The lowest BCUT2D eigenvalue weighted by atomic mass is 10.2. The van der Waals surface area contributed by atoms with E-state index in [1.165, 1.54) is 31.5 Å². The van der Waals surface area contributed by atoms with Crippen LogP contribution in [0, 0.1) is 15.3 Å². The number of aromatic nitrogens is 1. The second-order valence-corrected chi connectivity index (χ2v) is 6.12. The fourth-order valence-corrected chi connectivity index (χ4v) is 2.72. The third-order valence-electron chi connectivity index (χ3n) is 3.11. The minimum Gasteiger partial charge on any atom is -0.618 e. The third-order valence-corrected chi connectivity index (χ3v) is 4.24. The van der Waals surface area contributed by atoms with Crippen molar-refractivity contribution in [3.05, 3.63) is 57.9 Å². The van der Waals surface area contributed by atoms with E-state index in [9.17, 15) is 20.1 Å². The number of carbonyl (C=O) groups is 1. The summed E-state index contributed by atoms with van der Waals surface area (Å²) in [6.45, 7) is 1.61. The van der Waals surface area contributed by atoms with Crippen molar-refractivity contribution in [3.8, 4) is 5.75 Å². The Labute approximate surface area is 142 Å². The summed E-state index contributed by atoms with van der Waals surface area (Å²) in [4.78, 5) is 22.8. The lowest BCUT2D eigenvalue weighted by molar-refractivity contribution is -0.645. The van der Waals surface area contributed by atoms with Crippen molar-refractivity contribution in [1.29, 1.82) is 0 Å². The van der Waals surface area contributed by atoms with E-state index in [1.54, 1.807) is 25.1 Å². The topological polar surface area (TPSA) is 108 Å². The molecule has 1 atom stereocenters. The molecule has 0 saturated carbocycles. The summed E-state index contributed by atoms with van der Waals surface area (Å²) in [6.07, 6.45) is 1.33. The van der Waals surface area contributed by atoms with E-state index in [0.29, 0.717) is 15.5 Å². The summed E-state index contributed by atoms with van der Waals surface area (Å²) in [5, 5.41) is 25.0. The van der Waals surface area contributed by atoms with Gasteiger partial charge in [-0.1, -0.05) is 0 Å². The molecule has 1 N–H and O–H groups in total. The predicted octanol–water partition coefficient (Wildman–Crippen LogP) is 2.36. The van der Waals surface area contributed by atoms with Crippen LogP contribution in [0.25, 0.3) is 0 Å². The number of thioether (sulfide) groups is 1. The van der Waals surface area contributed by atoms with Gasteiger partial charge in [-0.15, -0.1) is 0 Å². The first-order valence-corrected chi connectivity index (χ1v) is 7.78. The van der Waals surface area contributed by atoms with Crippen LogP contribution in [0.1, 0.15) is 6.92 Å². The molecule has 0 aliphatic rings. The monoisotopic (exact) mass is 349 g/mol. The number of nitro groups is 1.